The molecular weight excluding hydrogens is 166 g/mol. The molecule has 3 nitrogen and oxygen atoms in total. The van der Waals surface area contributed by atoms with E-state index in [2.05, 4.69) is 26.1 Å². The second-order valence-electron chi connectivity index (χ2n) is 3.95. The average Bonchev–Trinajstić information content (AvgIpc) is 2.05. The van der Waals surface area contributed by atoms with Gasteiger partial charge in [0, 0.05) is 20.3 Å². The van der Waals surface area contributed by atoms with Gasteiger partial charge in [-0.3, -0.25) is 0 Å². The van der Waals surface area contributed by atoms with Crippen molar-refractivity contribution in [2.24, 2.45) is 0 Å². The van der Waals surface area contributed by atoms with E-state index in [9.17, 15) is 0 Å². The maximum absolute atomic E-state index is 5.58. The topological polar surface area (TPSA) is 30.5 Å². The van der Waals surface area contributed by atoms with E-state index in [4.69, 9.17) is 9.47 Å². The van der Waals surface area contributed by atoms with Crippen LogP contribution in [0.5, 0.6) is 0 Å². The molecule has 0 aliphatic heterocycles. The first-order chi connectivity index (χ1) is 6.02. The van der Waals surface area contributed by atoms with Crippen LogP contribution in [0.3, 0.4) is 0 Å². The van der Waals surface area contributed by atoms with Crippen molar-refractivity contribution in [1.29, 1.82) is 0 Å². The zero-order chi connectivity index (χ0) is 10.3. The first-order valence-electron chi connectivity index (χ1n) is 4.83. The van der Waals surface area contributed by atoms with E-state index in [0.29, 0.717) is 0 Å². The molecular formula is C10H23NO2. The van der Waals surface area contributed by atoms with Crippen molar-refractivity contribution in [3.8, 4) is 0 Å². The normalized spacial score (nSPS) is 14.5. The smallest absolute Gasteiger partial charge is 0.0671 e. The van der Waals surface area contributed by atoms with Gasteiger partial charge in [0.15, 0.2) is 0 Å². The molecule has 1 atom stereocenters. The van der Waals surface area contributed by atoms with Gasteiger partial charge in [-0.15, -0.1) is 0 Å². The van der Waals surface area contributed by atoms with Crippen molar-refractivity contribution in [3.63, 3.8) is 0 Å². The molecule has 0 saturated heterocycles. The number of rotatable bonds is 7. The van der Waals surface area contributed by atoms with Crippen molar-refractivity contribution in [2.75, 3.05) is 27.3 Å². The molecule has 0 aromatic heterocycles. The van der Waals surface area contributed by atoms with E-state index in [0.717, 1.165) is 19.6 Å². The summed E-state index contributed by atoms with van der Waals surface area (Å²) in [6.45, 7) is 7.85. The number of methoxy groups -OCH3 is 1. The zero-order valence-electron chi connectivity index (χ0n) is 9.52. The fraction of sp³-hybridized carbons (Fsp3) is 1.00. The standard InChI is InChI=1S/C10H23NO2/c1-9(8-11-4)13-7-6-10(2,3)12-5/h9,11H,6-8H2,1-5H3. The monoisotopic (exact) mass is 189 g/mol. The van der Waals surface area contributed by atoms with Gasteiger partial charge in [-0.05, 0) is 34.2 Å². The summed E-state index contributed by atoms with van der Waals surface area (Å²) < 4.78 is 10.9. The van der Waals surface area contributed by atoms with Gasteiger partial charge < -0.3 is 14.8 Å². The summed E-state index contributed by atoms with van der Waals surface area (Å²) in [5.74, 6) is 0. The van der Waals surface area contributed by atoms with Crippen molar-refractivity contribution < 1.29 is 9.47 Å². The molecule has 0 spiro atoms. The van der Waals surface area contributed by atoms with Crippen LogP contribution in [0.15, 0.2) is 0 Å². The summed E-state index contributed by atoms with van der Waals surface area (Å²) in [4.78, 5) is 0. The van der Waals surface area contributed by atoms with Crippen LogP contribution in [-0.4, -0.2) is 39.0 Å². The lowest BCUT2D eigenvalue weighted by molar-refractivity contribution is -0.0226. The Morgan fingerprint density at radius 2 is 2.00 bits per heavy atom. The molecule has 0 rings (SSSR count). The number of hydrogen-bond donors (Lipinski definition) is 1. The minimum absolute atomic E-state index is 0.0701. The molecule has 0 amide bonds. The highest BCUT2D eigenvalue weighted by Gasteiger charge is 2.16. The Morgan fingerprint density at radius 3 is 2.46 bits per heavy atom. The summed E-state index contributed by atoms with van der Waals surface area (Å²) in [5.41, 5.74) is -0.0701. The first-order valence-corrected chi connectivity index (χ1v) is 4.83. The first kappa shape index (κ1) is 12.9. The predicted octanol–water partition coefficient (Wildman–Crippen LogP) is 1.43. The van der Waals surface area contributed by atoms with Crippen LogP contribution in [0.25, 0.3) is 0 Å². The molecule has 3 heteroatoms. The van der Waals surface area contributed by atoms with Gasteiger partial charge in [-0.2, -0.15) is 0 Å². The van der Waals surface area contributed by atoms with Gasteiger partial charge in [-0.25, -0.2) is 0 Å². The SMILES string of the molecule is CNCC(C)OCCC(C)(C)OC. The third-order valence-electron chi connectivity index (χ3n) is 2.15. The summed E-state index contributed by atoms with van der Waals surface area (Å²) in [7, 11) is 3.66. The summed E-state index contributed by atoms with van der Waals surface area (Å²) in [6, 6.07) is 0. The maximum Gasteiger partial charge on any atom is 0.0671 e. The summed E-state index contributed by atoms with van der Waals surface area (Å²) in [6.07, 6.45) is 1.20. The Kier molecular flexibility index (Phi) is 6.29. The van der Waals surface area contributed by atoms with Gasteiger partial charge >= 0.3 is 0 Å². The van der Waals surface area contributed by atoms with Gasteiger partial charge in [0.25, 0.3) is 0 Å². The molecule has 13 heavy (non-hydrogen) atoms. The Morgan fingerprint density at radius 1 is 1.38 bits per heavy atom. The van der Waals surface area contributed by atoms with Crippen molar-refractivity contribution >= 4 is 0 Å². The number of ether oxygens (including phenoxy) is 2. The molecule has 0 heterocycles. The van der Waals surface area contributed by atoms with Crippen LogP contribution < -0.4 is 5.32 Å². The van der Waals surface area contributed by atoms with E-state index in [-0.39, 0.29) is 11.7 Å². The minimum Gasteiger partial charge on any atom is -0.379 e. The van der Waals surface area contributed by atoms with Crippen LogP contribution in [0.4, 0.5) is 0 Å². The van der Waals surface area contributed by atoms with Crippen LogP contribution in [0, 0.1) is 0 Å². The van der Waals surface area contributed by atoms with Gasteiger partial charge in [0.1, 0.15) is 0 Å². The second kappa shape index (κ2) is 6.35. The Balaban J connectivity index is 3.44. The van der Waals surface area contributed by atoms with E-state index in [1.54, 1.807) is 7.11 Å². The Hall–Kier alpha value is -0.120. The highest BCUT2D eigenvalue weighted by molar-refractivity contribution is 4.67. The van der Waals surface area contributed by atoms with Crippen molar-refractivity contribution in [1.82, 2.24) is 5.32 Å². The Bertz CT molecular complexity index is 126. The van der Waals surface area contributed by atoms with Crippen LogP contribution in [0.1, 0.15) is 27.2 Å². The molecule has 0 aliphatic rings. The lowest BCUT2D eigenvalue weighted by Gasteiger charge is -2.23. The fourth-order valence-electron chi connectivity index (χ4n) is 0.954. The van der Waals surface area contributed by atoms with Crippen LogP contribution >= 0.6 is 0 Å². The molecule has 0 aromatic rings. The summed E-state index contributed by atoms with van der Waals surface area (Å²) in [5, 5.41) is 3.07. The molecule has 1 unspecified atom stereocenters. The molecule has 0 aromatic carbocycles. The molecule has 0 radical (unpaired) electrons. The molecule has 80 valence electrons. The van der Waals surface area contributed by atoms with E-state index >= 15 is 0 Å². The number of hydrogen-bond acceptors (Lipinski definition) is 3. The summed E-state index contributed by atoms with van der Waals surface area (Å²) >= 11 is 0. The molecule has 0 aliphatic carbocycles. The number of nitrogens with one attached hydrogen (secondary N) is 1. The van der Waals surface area contributed by atoms with E-state index < -0.39 is 0 Å². The lowest BCUT2D eigenvalue weighted by atomic mass is 10.1. The molecule has 0 bridgehead atoms. The molecule has 1 N–H and O–H groups in total. The van der Waals surface area contributed by atoms with Gasteiger partial charge in [0.05, 0.1) is 11.7 Å². The van der Waals surface area contributed by atoms with Crippen molar-refractivity contribution in [2.45, 2.75) is 38.9 Å². The highest BCUT2D eigenvalue weighted by atomic mass is 16.5. The fourth-order valence-corrected chi connectivity index (χ4v) is 0.954. The lowest BCUT2D eigenvalue weighted by Crippen LogP contribution is -2.28. The average molecular weight is 189 g/mol. The molecule has 0 saturated carbocycles. The third kappa shape index (κ3) is 6.99. The van der Waals surface area contributed by atoms with Gasteiger partial charge in [-0.1, -0.05) is 0 Å². The number of likely N-dealkylation sites (N-methyl/N-ethyl adjacent to an activating group) is 1. The maximum atomic E-state index is 5.58. The van der Waals surface area contributed by atoms with Gasteiger partial charge in [0.2, 0.25) is 0 Å². The van der Waals surface area contributed by atoms with Crippen molar-refractivity contribution in [3.05, 3.63) is 0 Å². The second-order valence-corrected chi connectivity index (χ2v) is 3.95. The Labute approximate surface area is 81.8 Å². The zero-order valence-corrected chi connectivity index (χ0v) is 9.52. The highest BCUT2D eigenvalue weighted by Crippen LogP contribution is 2.12. The van der Waals surface area contributed by atoms with Crippen LogP contribution in [0.2, 0.25) is 0 Å². The molecule has 0 fully saturated rings. The van der Waals surface area contributed by atoms with E-state index in [1.165, 1.54) is 0 Å². The predicted molar refractivity (Wildman–Crippen MR) is 55.0 cm³/mol. The minimum atomic E-state index is -0.0701. The quantitative estimate of drug-likeness (QED) is 0.657. The van der Waals surface area contributed by atoms with E-state index in [1.807, 2.05) is 7.05 Å². The third-order valence-corrected chi connectivity index (χ3v) is 2.15. The largest absolute Gasteiger partial charge is 0.379 e. The van der Waals surface area contributed by atoms with Crippen LogP contribution in [-0.2, 0) is 9.47 Å².